The molecular weight excluding hydrogens is 314 g/mol. The molecule has 2 aromatic rings. The Hall–Kier alpha value is -1.46. The van der Waals surface area contributed by atoms with Crippen LogP contribution in [0.25, 0.3) is 0 Å². The smallest absolute Gasteiger partial charge is 0.337 e. The van der Waals surface area contributed by atoms with Crippen molar-refractivity contribution in [2.45, 2.75) is 9.79 Å². The van der Waals surface area contributed by atoms with E-state index in [1.54, 1.807) is 12.1 Å². The molecule has 3 N–H and O–H groups in total. The molecule has 0 aliphatic carbocycles. The van der Waals surface area contributed by atoms with Crippen molar-refractivity contribution < 1.29 is 9.90 Å². The molecule has 3 nitrogen and oxygen atoms in total. The van der Waals surface area contributed by atoms with Crippen molar-refractivity contribution in [3.63, 3.8) is 0 Å². The maximum atomic E-state index is 10.8. The van der Waals surface area contributed by atoms with Gasteiger partial charge in [-0.1, -0.05) is 33.8 Å². The average molecular weight is 324 g/mol. The summed E-state index contributed by atoms with van der Waals surface area (Å²) in [6, 6.07) is 12.8. The number of anilines is 1. The van der Waals surface area contributed by atoms with Crippen LogP contribution >= 0.6 is 27.7 Å². The zero-order chi connectivity index (χ0) is 13.1. The SMILES string of the molecule is Nc1cc(Sc2cccc(Br)c2)ccc1C(=O)O. The van der Waals surface area contributed by atoms with Crippen molar-refractivity contribution in [1.29, 1.82) is 0 Å². The Labute approximate surface area is 117 Å². The standard InChI is InChI=1S/C13H10BrNO2S/c14-8-2-1-3-9(6-8)18-10-4-5-11(13(16)17)12(15)7-10/h1-7H,15H2,(H,16,17). The van der Waals surface area contributed by atoms with Crippen LogP contribution in [0, 0.1) is 0 Å². The van der Waals surface area contributed by atoms with E-state index in [9.17, 15) is 4.79 Å². The molecule has 0 saturated heterocycles. The van der Waals surface area contributed by atoms with E-state index >= 15 is 0 Å². The van der Waals surface area contributed by atoms with E-state index in [4.69, 9.17) is 10.8 Å². The molecule has 92 valence electrons. The van der Waals surface area contributed by atoms with Crippen LogP contribution in [-0.2, 0) is 0 Å². The molecule has 0 aliphatic heterocycles. The molecule has 0 radical (unpaired) electrons. The van der Waals surface area contributed by atoms with Gasteiger partial charge in [0, 0.05) is 20.0 Å². The molecular formula is C13H10BrNO2S. The van der Waals surface area contributed by atoms with E-state index in [2.05, 4.69) is 15.9 Å². The minimum Gasteiger partial charge on any atom is -0.478 e. The zero-order valence-corrected chi connectivity index (χ0v) is 11.7. The van der Waals surface area contributed by atoms with Crippen molar-refractivity contribution in [2.75, 3.05) is 5.73 Å². The molecule has 0 saturated carbocycles. The average Bonchev–Trinajstić information content (AvgIpc) is 2.28. The Balaban J connectivity index is 2.25. The van der Waals surface area contributed by atoms with Gasteiger partial charge in [0.15, 0.2) is 0 Å². The Bertz CT molecular complexity index is 601. The second kappa shape index (κ2) is 5.46. The van der Waals surface area contributed by atoms with E-state index in [1.165, 1.54) is 17.8 Å². The molecule has 0 unspecified atom stereocenters. The first-order valence-corrected chi connectivity index (χ1v) is 6.73. The number of hydrogen-bond acceptors (Lipinski definition) is 3. The monoisotopic (exact) mass is 323 g/mol. The Morgan fingerprint density at radius 2 is 1.89 bits per heavy atom. The van der Waals surface area contributed by atoms with Crippen LogP contribution in [0.15, 0.2) is 56.7 Å². The van der Waals surface area contributed by atoms with Gasteiger partial charge in [-0.05, 0) is 36.4 Å². The molecule has 2 aromatic carbocycles. The lowest BCUT2D eigenvalue weighted by Crippen LogP contribution is -2.01. The van der Waals surface area contributed by atoms with Gasteiger partial charge in [0.1, 0.15) is 0 Å². The minimum atomic E-state index is -1.01. The number of nitrogen functional groups attached to an aromatic ring is 1. The summed E-state index contributed by atoms with van der Waals surface area (Å²) < 4.78 is 1.00. The quantitative estimate of drug-likeness (QED) is 0.841. The second-order valence-electron chi connectivity index (χ2n) is 3.61. The molecule has 18 heavy (non-hydrogen) atoms. The first kappa shape index (κ1) is 13.0. The highest BCUT2D eigenvalue weighted by Gasteiger charge is 2.08. The molecule has 0 aromatic heterocycles. The highest BCUT2D eigenvalue weighted by molar-refractivity contribution is 9.10. The molecule has 5 heteroatoms. The minimum absolute atomic E-state index is 0.133. The Kier molecular flexibility index (Phi) is 3.93. The predicted octanol–water partition coefficient (Wildman–Crippen LogP) is 3.88. The molecule has 0 fully saturated rings. The van der Waals surface area contributed by atoms with Crippen LogP contribution in [0.4, 0.5) is 5.69 Å². The molecule has 0 bridgehead atoms. The Morgan fingerprint density at radius 3 is 2.50 bits per heavy atom. The van der Waals surface area contributed by atoms with Gasteiger partial charge >= 0.3 is 5.97 Å². The maximum Gasteiger partial charge on any atom is 0.337 e. The van der Waals surface area contributed by atoms with E-state index < -0.39 is 5.97 Å². The number of nitrogens with two attached hydrogens (primary N) is 1. The number of carbonyl (C=O) groups is 1. The third-order valence-corrected chi connectivity index (χ3v) is 3.76. The van der Waals surface area contributed by atoms with Crippen molar-refractivity contribution in [3.8, 4) is 0 Å². The maximum absolute atomic E-state index is 10.8. The number of carboxylic acid groups (broad SMARTS) is 1. The molecule has 0 spiro atoms. The number of rotatable bonds is 3. The highest BCUT2D eigenvalue weighted by atomic mass is 79.9. The lowest BCUT2D eigenvalue weighted by molar-refractivity contribution is 0.0698. The number of carboxylic acids is 1. The van der Waals surface area contributed by atoms with Crippen LogP contribution < -0.4 is 5.73 Å². The van der Waals surface area contributed by atoms with Gasteiger partial charge in [0.2, 0.25) is 0 Å². The lowest BCUT2D eigenvalue weighted by atomic mass is 10.2. The van der Waals surface area contributed by atoms with Crippen molar-refractivity contribution in [1.82, 2.24) is 0 Å². The third kappa shape index (κ3) is 3.05. The molecule has 0 atom stereocenters. The Morgan fingerprint density at radius 1 is 1.17 bits per heavy atom. The summed E-state index contributed by atoms with van der Waals surface area (Å²) in [6.45, 7) is 0. The van der Waals surface area contributed by atoms with Crippen molar-refractivity contribution >= 4 is 39.3 Å². The van der Waals surface area contributed by atoms with E-state index in [0.717, 1.165) is 14.3 Å². The normalized spacial score (nSPS) is 10.3. The number of hydrogen-bond donors (Lipinski definition) is 2. The first-order valence-electron chi connectivity index (χ1n) is 5.12. The van der Waals surface area contributed by atoms with Crippen LogP contribution in [0.5, 0.6) is 0 Å². The largest absolute Gasteiger partial charge is 0.478 e. The summed E-state index contributed by atoms with van der Waals surface area (Å²) in [5.41, 5.74) is 6.12. The fraction of sp³-hybridized carbons (Fsp3) is 0. The molecule has 2 rings (SSSR count). The van der Waals surface area contributed by atoms with Gasteiger partial charge in [0.05, 0.1) is 5.56 Å². The van der Waals surface area contributed by atoms with E-state index in [0.29, 0.717) is 0 Å². The fourth-order valence-electron chi connectivity index (χ4n) is 1.47. The molecule has 0 aliphatic rings. The van der Waals surface area contributed by atoms with Crippen LogP contribution in [-0.4, -0.2) is 11.1 Å². The van der Waals surface area contributed by atoms with Crippen LogP contribution in [0.2, 0.25) is 0 Å². The van der Waals surface area contributed by atoms with Gasteiger partial charge in [-0.3, -0.25) is 0 Å². The van der Waals surface area contributed by atoms with Crippen molar-refractivity contribution in [2.24, 2.45) is 0 Å². The van der Waals surface area contributed by atoms with Gasteiger partial charge in [-0.25, -0.2) is 4.79 Å². The second-order valence-corrected chi connectivity index (χ2v) is 5.68. The predicted molar refractivity (Wildman–Crippen MR) is 76.1 cm³/mol. The van der Waals surface area contributed by atoms with Crippen LogP contribution in [0.1, 0.15) is 10.4 Å². The van der Waals surface area contributed by atoms with Gasteiger partial charge in [-0.2, -0.15) is 0 Å². The number of halogens is 1. The van der Waals surface area contributed by atoms with Crippen LogP contribution in [0.3, 0.4) is 0 Å². The topological polar surface area (TPSA) is 63.3 Å². The third-order valence-electron chi connectivity index (χ3n) is 2.29. The summed E-state index contributed by atoms with van der Waals surface area (Å²) >= 11 is 4.94. The summed E-state index contributed by atoms with van der Waals surface area (Å²) in [4.78, 5) is 12.8. The lowest BCUT2D eigenvalue weighted by Gasteiger charge is -2.05. The zero-order valence-electron chi connectivity index (χ0n) is 9.26. The van der Waals surface area contributed by atoms with Gasteiger partial charge < -0.3 is 10.8 Å². The first-order chi connectivity index (χ1) is 8.56. The van der Waals surface area contributed by atoms with E-state index in [1.807, 2.05) is 24.3 Å². The summed E-state index contributed by atoms with van der Waals surface area (Å²) in [5.74, 6) is -1.01. The summed E-state index contributed by atoms with van der Waals surface area (Å²) in [5, 5.41) is 8.89. The highest BCUT2D eigenvalue weighted by Crippen LogP contribution is 2.31. The summed E-state index contributed by atoms with van der Waals surface area (Å²) in [7, 11) is 0. The fourth-order valence-corrected chi connectivity index (χ4v) is 2.94. The molecule has 0 heterocycles. The van der Waals surface area contributed by atoms with E-state index in [-0.39, 0.29) is 11.3 Å². The van der Waals surface area contributed by atoms with Crippen molar-refractivity contribution in [3.05, 3.63) is 52.5 Å². The number of aromatic carboxylic acids is 1. The van der Waals surface area contributed by atoms with Gasteiger partial charge in [0.25, 0.3) is 0 Å². The number of benzene rings is 2. The van der Waals surface area contributed by atoms with Gasteiger partial charge in [-0.15, -0.1) is 0 Å². The molecule has 0 amide bonds. The summed E-state index contributed by atoms with van der Waals surface area (Å²) in [6.07, 6.45) is 0.